The van der Waals surface area contributed by atoms with Crippen molar-refractivity contribution in [2.24, 2.45) is 5.73 Å². The predicted octanol–water partition coefficient (Wildman–Crippen LogP) is 0.786. The van der Waals surface area contributed by atoms with Crippen LogP contribution in [-0.2, 0) is 11.2 Å². The molecule has 1 heterocycles. The quantitative estimate of drug-likeness (QED) is 0.541. The minimum atomic E-state index is -0.363. The van der Waals surface area contributed by atoms with Gasteiger partial charge in [0.15, 0.2) is 0 Å². The highest BCUT2D eigenvalue weighted by atomic mass is 16.5. The summed E-state index contributed by atoms with van der Waals surface area (Å²) < 4.78 is 4.95. The van der Waals surface area contributed by atoms with Gasteiger partial charge < -0.3 is 21.9 Å². The molecule has 8 heteroatoms. The average Bonchev–Trinajstić information content (AvgIpc) is 2.57. The second-order valence-electron chi connectivity index (χ2n) is 5.64. The van der Waals surface area contributed by atoms with Gasteiger partial charge in [-0.05, 0) is 44.0 Å². The Morgan fingerprint density at radius 2 is 1.96 bits per heavy atom. The molecule has 0 radical (unpaired) electrons. The first-order valence-corrected chi connectivity index (χ1v) is 8.07. The number of rotatable bonds is 7. The van der Waals surface area contributed by atoms with Gasteiger partial charge in [-0.3, -0.25) is 9.78 Å². The van der Waals surface area contributed by atoms with Crippen LogP contribution < -0.4 is 22.8 Å². The van der Waals surface area contributed by atoms with E-state index >= 15 is 0 Å². The molecule has 0 saturated heterocycles. The van der Waals surface area contributed by atoms with Gasteiger partial charge in [-0.1, -0.05) is 12.1 Å². The standard InChI is InChI=1S/C17H23N5O3/c1-2-25-16(24)11-6-3-10(4-7-11)5-8-12(9-18)13-14(19)21-17(20)22-15(13)23/h3-4,6-7,12H,2,5,8-9,18H2,1H3,(H5,19,20,21,22,23). The molecule has 1 aromatic heterocycles. The van der Waals surface area contributed by atoms with Crippen LogP contribution in [0.3, 0.4) is 0 Å². The lowest BCUT2D eigenvalue weighted by Gasteiger charge is -2.16. The molecular weight excluding hydrogens is 322 g/mol. The number of aromatic nitrogens is 2. The van der Waals surface area contributed by atoms with E-state index in [4.69, 9.17) is 21.9 Å². The second kappa shape index (κ2) is 8.29. The number of hydrogen-bond donors (Lipinski definition) is 4. The number of carbonyl (C=O) groups is 1. The predicted molar refractivity (Wildman–Crippen MR) is 96.2 cm³/mol. The van der Waals surface area contributed by atoms with E-state index in [1.165, 1.54) is 0 Å². The normalized spacial score (nSPS) is 11.9. The van der Waals surface area contributed by atoms with E-state index in [1.54, 1.807) is 19.1 Å². The fraction of sp³-hybridized carbons (Fsp3) is 0.353. The minimum Gasteiger partial charge on any atom is -0.462 e. The summed E-state index contributed by atoms with van der Waals surface area (Å²) in [6.07, 6.45) is 1.29. The van der Waals surface area contributed by atoms with Crippen LogP contribution >= 0.6 is 0 Å². The molecule has 0 aliphatic carbocycles. The van der Waals surface area contributed by atoms with E-state index < -0.39 is 0 Å². The molecule has 0 fully saturated rings. The summed E-state index contributed by atoms with van der Waals surface area (Å²) >= 11 is 0. The molecule has 0 bridgehead atoms. The maximum Gasteiger partial charge on any atom is 0.338 e. The van der Waals surface area contributed by atoms with Gasteiger partial charge in [0.05, 0.1) is 17.7 Å². The molecule has 2 rings (SSSR count). The maximum atomic E-state index is 12.1. The van der Waals surface area contributed by atoms with Crippen molar-refractivity contribution in [3.05, 3.63) is 51.3 Å². The number of nitrogens with two attached hydrogens (primary N) is 3. The van der Waals surface area contributed by atoms with Crippen LogP contribution in [0.15, 0.2) is 29.1 Å². The van der Waals surface area contributed by atoms with Crippen molar-refractivity contribution in [3.63, 3.8) is 0 Å². The highest BCUT2D eigenvalue weighted by Gasteiger charge is 2.18. The van der Waals surface area contributed by atoms with Crippen molar-refractivity contribution in [1.29, 1.82) is 0 Å². The third-order valence-corrected chi connectivity index (χ3v) is 3.94. The van der Waals surface area contributed by atoms with Crippen LogP contribution in [0.2, 0.25) is 0 Å². The van der Waals surface area contributed by atoms with E-state index in [0.717, 1.165) is 5.56 Å². The topological polar surface area (TPSA) is 150 Å². The minimum absolute atomic E-state index is 0.0171. The van der Waals surface area contributed by atoms with Crippen molar-refractivity contribution < 1.29 is 9.53 Å². The summed E-state index contributed by atoms with van der Waals surface area (Å²) in [6.45, 7) is 2.36. The van der Waals surface area contributed by atoms with Crippen molar-refractivity contribution in [1.82, 2.24) is 9.97 Å². The molecule has 0 aliphatic rings. The smallest absolute Gasteiger partial charge is 0.338 e. The van der Waals surface area contributed by atoms with Gasteiger partial charge >= 0.3 is 5.97 Å². The number of nitrogen functional groups attached to an aromatic ring is 2. The van der Waals surface area contributed by atoms with Gasteiger partial charge in [-0.2, -0.15) is 4.98 Å². The number of nitrogens with zero attached hydrogens (tertiary/aromatic N) is 1. The summed E-state index contributed by atoms with van der Waals surface area (Å²) in [4.78, 5) is 30.1. The first-order valence-electron chi connectivity index (χ1n) is 8.07. The molecule has 0 amide bonds. The van der Waals surface area contributed by atoms with Gasteiger partial charge in [0, 0.05) is 5.92 Å². The number of ether oxygens (including phenoxy) is 1. The lowest BCUT2D eigenvalue weighted by Crippen LogP contribution is -2.26. The number of anilines is 2. The summed E-state index contributed by atoms with van der Waals surface area (Å²) in [5.41, 5.74) is 18.6. The Balaban J connectivity index is 2.09. The highest BCUT2D eigenvalue weighted by molar-refractivity contribution is 5.89. The highest BCUT2D eigenvalue weighted by Crippen LogP contribution is 2.22. The molecule has 2 aromatic rings. The molecule has 0 aliphatic heterocycles. The largest absolute Gasteiger partial charge is 0.462 e. The Morgan fingerprint density at radius 1 is 1.28 bits per heavy atom. The fourth-order valence-electron chi connectivity index (χ4n) is 2.66. The number of benzene rings is 1. The summed E-state index contributed by atoms with van der Waals surface area (Å²) in [7, 11) is 0. The van der Waals surface area contributed by atoms with Crippen molar-refractivity contribution >= 4 is 17.7 Å². The van der Waals surface area contributed by atoms with Gasteiger partial charge in [0.25, 0.3) is 5.56 Å². The number of hydrogen-bond acceptors (Lipinski definition) is 7. The molecule has 25 heavy (non-hydrogen) atoms. The van der Waals surface area contributed by atoms with Crippen LogP contribution in [0, 0.1) is 0 Å². The molecule has 1 atom stereocenters. The zero-order chi connectivity index (χ0) is 18.4. The van der Waals surface area contributed by atoms with Gasteiger partial charge in [-0.15, -0.1) is 0 Å². The summed E-state index contributed by atoms with van der Waals surface area (Å²) in [6, 6.07) is 7.15. The Kier molecular flexibility index (Phi) is 6.13. The van der Waals surface area contributed by atoms with Crippen molar-refractivity contribution in [2.75, 3.05) is 24.6 Å². The van der Waals surface area contributed by atoms with Gasteiger partial charge in [-0.25, -0.2) is 4.79 Å². The SMILES string of the molecule is CCOC(=O)c1ccc(CCC(CN)c2c(N)nc(N)[nH]c2=O)cc1. The first-order chi connectivity index (χ1) is 12.0. The number of H-pyrrole nitrogens is 1. The zero-order valence-electron chi connectivity index (χ0n) is 14.1. The van der Waals surface area contributed by atoms with Crippen LogP contribution in [-0.4, -0.2) is 29.1 Å². The number of esters is 1. The van der Waals surface area contributed by atoms with E-state index in [1.807, 2.05) is 12.1 Å². The van der Waals surface area contributed by atoms with Crippen LogP contribution in [0.4, 0.5) is 11.8 Å². The Morgan fingerprint density at radius 3 is 2.52 bits per heavy atom. The van der Waals surface area contributed by atoms with E-state index in [9.17, 15) is 9.59 Å². The van der Waals surface area contributed by atoms with Gasteiger partial charge in [0.1, 0.15) is 5.82 Å². The Bertz CT molecular complexity index is 786. The molecule has 0 saturated carbocycles. The first kappa shape index (κ1) is 18.5. The maximum absolute atomic E-state index is 12.1. The van der Waals surface area contributed by atoms with Crippen molar-refractivity contribution in [2.45, 2.75) is 25.7 Å². The monoisotopic (exact) mass is 345 g/mol. The number of aryl methyl sites for hydroxylation is 1. The third-order valence-electron chi connectivity index (χ3n) is 3.94. The van der Waals surface area contributed by atoms with Crippen molar-refractivity contribution in [3.8, 4) is 0 Å². The molecule has 7 N–H and O–H groups in total. The molecule has 8 nitrogen and oxygen atoms in total. The molecular formula is C17H23N5O3. The molecule has 1 unspecified atom stereocenters. The van der Waals surface area contributed by atoms with Crippen LogP contribution in [0.1, 0.15) is 40.7 Å². The summed E-state index contributed by atoms with van der Waals surface area (Å²) in [5.74, 6) is -0.492. The third kappa shape index (κ3) is 4.57. The number of aromatic amines is 1. The summed E-state index contributed by atoms with van der Waals surface area (Å²) in [5, 5.41) is 0. The van der Waals surface area contributed by atoms with Crippen LogP contribution in [0.5, 0.6) is 0 Å². The Labute approximate surface area is 145 Å². The van der Waals surface area contributed by atoms with E-state index in [0.29, 0.717) is 30.6 Å². The Hall–Kier alpha value is -2.87. The fourth-order valence-corrected chi connectivity index (χ4v) is 2.66. The zero-order valence-corrected chi connectivity index (χ0v) is 14.1. The molecule has 134 valence electrons. The average molecular weight is 345 g/mol. The van der Waals surface area contributed by atoms with Crippen LogP contribution in [0.25, 0.3) is 0 Å². The number of nitrogens with one attached hydrogen (secondary N) is 1. The van der Waals surface area contributed by atoms with E-state index in [-0.39, 0.29) is 35.8 Å². The van der Waals surface area contributed by atoms with E-state index in [2.05, 4.69) is 9.97 Å². The lowest BCUT2D eigenvalue weighted by atomic mass is 9.93. The number of carbonyl (C=O) groups excluding carboxylic acids is 1. The van der Waals surface area contributed by atoms with Gasteiger partial charge in [0.2, 0.25) is 5.95 Å². The lowest BCUT2D eigenvalue weighted by molar-refractivity contribution is 0.0526. The second-order valence-corrected chi connectivity index (χ2v) is 5.64. The molecule has 0 spiro atoms. The molecule has 1 aromatic carbocycles.